The zero-order chi connectivity index (χ0) is 12.9. The number of hydrogen-bond donors (Lipinski definition) is 1. The third-order valence-electron chi connectivity index (χ3n) is 3.00. The minimum Gasteiger partial charge on any atom is -0.383 e. The van der Waals surface area contributed by atoms with Crippen LogP contribution in [0.15, 0.2) is 11.2 Å². The van der Waals surface area contributed by atoms with Crippen molar-refractivity contribution < 1.29 is 0 Å². The second kappa shape index (κ2) is 3.81. The van der Waals surface area contributed by atoms with Crippen LogP contribution in [0.1, 0.15) is 5.82 Å². The molecule has 3 rings (SSSR count). The van der Waals surface area contributed by atoms with E-state index in [4.69, 9.17) is 5.73 Å². The highest BCUT2D eigenvalue weighted by molar-refractivity contribution is 7.99. The van der Waals surface area contributed by atoms with Crippen LogP contribution in [0.5, 0.6) is 0 Å². The van der Waals surface area contributed by atoms with Gasteiger partial charge >= 0.3 is 0 Å². The fourth-order valence-corrected chi connectivity index (χ4v) is 2.72. The van der Waals surface area contributed by atoms with Gasteiger partial charge in [0.1, 0.15) is 23.5 Å². The molecule has 6 nitrogen and oxygen atoms in total. The van der Waals surface area contributed by atoms with Crippen LogP contribution in [-0.2, 0) is 7.05 Å². The van der Waals surface area contributed by atoms with Crippen LogP contribution in [0, 0.1) is 6.92 Å². The molecule has 3 aromatic heterocycles. The Labute approximate surface area is 108 Å². The van der Waals surface area contributed by atoms with Crippen LogP contribution in [0.25, 0.3) is 22.2 Å². The second-order valence-corrected chi connectivity index (χ2v) is 4.81. The SMILES string of the molecule is CSc1c2nc(C)n(C)c2nc2ncnc(N)c12. The molecule has 0 radical (unpaired) electrons. The fourth-order valence-electron chi connectivity index (χ4n) is 1.99. The third kappa shape index (κ3) is 1.37. The molecule has 0 saturated carbocycles. The zero-order valence-corrected chi connectivity index (χ0v) is 11.1. The molecular formula is C11H12N6S. The van der Waals surface area contributed by atoms with E-state index in [1.807, 2.05) is 24.8 Å². The number of nitrogen functional groups attached to an aromatic ring is 1. The summed E-state index contributed by atoms with van der Waals surface area (Å²) in [5, 5.41) is 0.788. The number of thioether (sulfide) groups is 1. The molecule has 0 atom stereocenters. The first kappa shape index (κ1) is 11.2. The molecule has 0 saturated heterocycles. The van der Waals surface area contributed by atoms with Gasteiger partial charge in [-0.1, -0.05) is 0 Å². The average Bonchev–Trinajstić information content (AvgIpc) is 2.64. The summed E-state index contributed by atoms with van der Waals surface area (Å²) < 4.78 is 1.95. The lowest BCUT2D eigenvalue weighted by Gasteiger charge is -2.06. The maximum Gasteiger partial charge on any atom is 0.168 e. The molecule has 0 aliphatic rings. The Bertz CT molecular complexity index is 763. The van der Waals surface area contributed by atoms with Gasteiger partial charge in [0.2, 0.25) is 0 Å². The Morgan fingerprint density at radius 1 is 1.28 bits per heavy atom. The smallest absolute Gasteiger partial charge is 0.168 e. The lowest BCUT2D eigenvalue weighted by molar-refractivity contribution is 0.875. The van der Waals surface area contributed by atoms with Gasteiger partial charge in [0.15, 0.2) is 11.3 Å². The van der Waals surface area contributed by atoms with E-state index in [1.165, 1.54) is 6.33 Å². The largest absolute Gasteiger partial charge is 0.383 e. The van der Waals surface area contributed by atoms with E-state index in [9.17, 15) is 0 Å². The Balaban J connectivity index is 2.61. The zero-order valence-electron chi connectivity index (χ0n) is 10.3. The van der Waals surface area contributed by atoms with E-state index in [0.29, 0.717) is 11.5 Å². The number of nitrogens with zero attached hydrogens (tertiary/aromatic N) is 5. The summed E-state index contributed by atoms with van der Waals surface area (Å²) in [5.74, 6) is 1.36. The molecule has 7 heteroatoms. The molecule has 0 unspecified atom stereocenters. The van der Waals surface area contributed by atoms with Gasteiger partial charge < -0.3 is 10.3 Å². The van der Waals surface area contributed by atoms with Crippen molar-refractivity contribution in [2.24, 2.45) is 7.05 Å². The predicted molar refractivity (Wildman–Crippen MR) is 72.5 cm³/mol. The van der Waals surface area contributed by atoms with Crippen LogP contribution in [-0.4, -0.2) is 30.8 Å². The lowest BCUT2D eigenvalue weighted by Crippen LogP contribution is -1.99. The Morgan fingerprint density at radius 3 is 2.78 bits per heavy atom. The van der Waals surface area contributed by atoms with Crippen molar-refractivity contribution in [3.05, 3.63) is 12.2 Å². The minimum atomic E-state index is 0.446. The molecule has 0 spiro atoms. The van der Waals surface area contributed by atoms with E-state index in [-0.39, 0.29) is 0 Å². The van der Waals surface area contributed by atoms with Crippen LogP contribution in [0.2, 0.25) is 0 Å². The molecule has 2 N–H and O–H groups in total. The van der Waals surface area contributed by atoms with E-state index in [1.54, 1.807) is 11.8 Å². The van der Waals surface area contributed by atoms with Crippen molar-refractivity contribution >= 4 is 39.8 Å². The number of hydrogen-bond acceptors (Lipinski definition) is 6. The van der Waals surface area contributed by atoms with E-state index >= 15 is 0 Å². The van der Waals surface area contributed by atoms with Gasteiger partial charge in [0.25, 0.3) is 0 Å². The van der Waals surface area contributed by atoms with Gasteiger partial charge in [0.05, 0.1) is 10.3 Å². The average molecular weight is 260 g/mol. The Morgan fingerprint density at radius 2 is 2.06 bits per heavy atom. The molecule has 3 aromatic rings. The first-order chi connectivity index (χ1) is 8.63. The lowest BCUT2D eigenvalue weighted by atomic mass is 10.3. The molecular weight excluding hydrogens is 248 g/mol. The molecule has 0 amide bonds. The molecule has 18 heavy (non-hydrogen) atoms. The number of aromatic nitrogens is 5. The summed E-state index contributed by atoms with van der Waals surface area (Å²) in [6.45, 7) is 1.95. The topological polar surface area (TPSA) is 82.5 Å². The van der Waals surface area contributed by atoms with Crippen molar-refractivity contribution in [1.29, 1.82) is 0 Å². The second-order valence-electron chi connectivity index (χ2n) is 3.99. The molecule has 0 aliphatic carbocycles. The predicted octanol–water partition coefficient (Wildman–Crippen LogP) is 1.52. The van der Waals surface area contributed by atoms with Gasteiger partial charge in [-0.3, -0.25) is 0 Å². The summed E-state index contributed by atoms with van der Waals surface area (Å²) in [7, 11) is 1.94. The summed E-state index contributed by atoms with van der Waals surface area (Å²) >= 11 is 1.59. The third-order valence-corrected chi connectivity index (χ3v) is 3.81. The highest BCUT2D eigenvalue weighted by Gasteiger charge is 2.17. The number of aryl methyl sites for hydroxylation is 2. The minimum absolute atomic E-state index is 0.446. The highest BCUT2D eigenvalue weighted by atomic mass is 32.2. The summed E-state index contributed by atoms with van der Waals surface area (Å²) in [4.78, 5) is 18.3. The fraction of sp³-hybridized carbons (Fsp3) is 0.273. The quantitative estimate of drug-likeness (QED) is 0.668. The molecule has 92 valence electrons. The van der Waals surface area contributed by atoms with Crippen LogP contribution in [0.3, 0.4) is 0 Å². The molecule has 3 heterocycles. The van der Waals surface area contributed by atoms with E-state index in [2.05, 4.69) is 19.9 Å². The normalized spacial score (nSPS) is 11.5. The van der Waals surface area contributed by atoms with Gasteiger partial charge in [-0.25, -0.2) is 19.9 Å². The molecule has 0 aliphatic heterocycles. The molecule has 0 aromatic carbocycles. The van der Waals surface area contributed by atoms with Gasteiger partial charge in [-0.15, -0.1) is 11.8 Å². The van der Waals surface area contributed by atoms with E-state index in [0.717, 1.165) is 27.3 Å². The van der Waals surface area contributed by atoms with Crippen molar-refractivity contribution in [2.45, 2.75) is 11.8 Å². The van der Waals surface area contributed by atoms with Crippen LogP contribution in [0.4, 0.5) is 5.82 Å². The molecule has 0 bridgehead atoms. The van der Waals surface area contributed by atoms with Gasteiger partial charge in [0, 0.05) is 7.05 Å². The Kier molecular flexibility index (Phi) is 2.37. The summed E-state index contributed by atoms with van der Waals surface area (Å²) in [6, 6.07) is 0. The number of imidazole rings is 1. The number of nitrogens with two attached hydrogens (primary N) is 1. The van der Waals surface area contributed by atoms with Crippen molar-refractivity contribution in [1.82, 2.24) is 24.5 Å². The number of pyridine rings is 1. The first-order valence-electron chi connectivity index (χ1n) is 5.40. The maximum atomic E-state index is 5.93. The van der Waals surface area contributed by atoms with Crippen molar-refractivity contribution in [2.75, 3.05) is 12.0 Å². The van der Waals surface area contributed by atoms with Crippen molar-refractivity contribution in [3.8, 4) is 0 Å². The highest BCUT2D eigenvalue weighted by Crippen LogP contribution is 2.33. The molecule has 0 fully saturated rings. The maximum absolute atomic E-state index is 5.93. The summed E-state index contributed by atoms with van der Waals surface area (Å²) in [5.41, 5.74) is 8.22. The van der Waals surface area contributed by atoms with Gasteiger partial charge in [-0.2, -0.15) is 0 Å². The standard InChI is InChI=1S/C11H12N6S/c1-5-15-7-8(18-3)6-9(12)13-4-14-10(6)16-11(7)17(5)2/h4H,1-3H3,(H2,12,13,14,16). The van der Waals surface area contributed by atoms with E-state index < -0.39 is 0 Å². The number of fused-ring (bicyclic) bond motifs is 2. The van der Waals surface area contributed by atoms with Crippen LogP contribution < -0.4 is 5.73 Å². The monoisotopic (exact) mass is 260 g/mol. The number of anilines is 1. The van der Waals surface area contributed by atoms with Crippen LogP contribution >= 0.6 is 11.8 Å². The first-order valence-corrected chi connectivity index (χ1v) is 6.63. The number of rotatable bonds is 1. The van der Waals surface area contributed by atoms with Crippen molar-refractivity contribution in [3.63, 3.8) is 0 Å². The summed E-state index contributed by atoms with van der Waals surface area (Å²) in [6.07, 6.45) is 3.43. The van der Waals surface area contributed by atoms with Gasteiger partial charge in [-0.05, 0) is 13.2 Å². The Hall–Kier alpha value is -1.89.